The van der Waals surface area contributed by atoms with Crippen LogP contribution in [-0.2, 0) is 6.61 Å². The molecule has 0 amide bonds. The molecule has 0 unspecified atom stereocenters. The van der Waals surface area contributed by atoms with Crippen LogP contribution in [0.1, 0.15) is 11.1 Å². The first-order chi connectivity index (χ1) is 10.0. The number of aliphatic hydroxyl groups excluding tert-OH is 1. The Morgan fingerprint density at radius 2 is 1.95 bits per heavy atom. The molecule has 2 rings (SSSR count). The molecular weight excluding hydrogens is 274 g/mol. The third-order valence-corrected chi connectivity index (χ3v) is 2.96. The lowest BCUT2D eigenvalue weighted by Crippen LogP contribution is -1.97. The Hall–Kier alpha value is -2.60. The van der Waals surface area contributed by atoms with Crippen molar-refractivity contribution in [1.29, 1.82) is 0 Å². The van der Waals surface area contributed by atoms with Gasteiger partial charge < -0.3 is 14.6 Å². The molecular formula is C15H15NO5. The van der Waals surface area contributed by atoms with E-state index in [0.29, 0.717) is 17.2 Å². The molecule has 0 aromatic heterocycles. The number of methoxy groups -OCH3 is 1. The highest BCUT2D eigenvalue weighted by Crippen LogP contribution is 2.34. The van der Waals surface area contributed by atoms with Gasteiger partial charge in [0.1, 0.15) is 5.75 Å². The number of nitrogens with zero attached hydrogens (tertiary/aromatic N) is 1. The predicted molar refractivity (Wildman–Crippen MR) is 76.8 cm³/mol. The molecule has 0 bridgehead atoms. The summed E-state index contributed by atoms with van der Waals surface area (Å²) in [6.45, 7) is 1.50. The van der Waals surface area contributed by atoms with Crippen molar-refractivity contribution in [3.05, 3.63) is 57.6 Å². The quantitative estimate of drug-likeness (QED) is 0.675. The lowest BCUT2D eigenvalue weighted by molar-refractivity contribution is -0.385. The number of hydrogen-bond donors (Lipinski definition) is 1. The Labute approximate surface area is 121 Å². The molecule has 1 N–H and O–H groups in total. The van der Waals surface area contributed by atoms with Crippen molar-refractivity contribution in [3.63, 3.8) is 0 Å². The van der Waals surface area contributed by atoms with Crippen LogP contribution in [0.15, 0.2) is 36.4 Å². The van der Waals surface area contributed by atoms with Crippen molar-refractivity contribution in [2.24, 2.45) is 0 Å². The average molecular weight is 289 g/mol. The molecule has 0 saturated heterocycles. The molecule has 0 aliphatic carbocycles. The molecule has 21 heavy (non-hydrogen) atoms. The Morgan fingerprint density at radius 3 is 2.57 bits per heavy atom. The first-order valence-corrected chi connectivity index (χ1v) is 6.26. The van der Waals surface area contributed by atoms with E-state index < -0.39 is 11.5 Å². The summed E-state index contributed by atoms with van der Waals surface area (Å²) in [4.78, 5) is 10.3. The number of nitro groups is 1. The molecule has 0 fully saturated rings. The van der Waals surface area contributed by atoms with Crippen LogP contribution in [0.2, 0.25) is 0 Å². The van der Waals surface area contributed by atoms with Crippen LogP contribution in [0.3, 0.4) is 0 Å². The standard InChI is InChI=1S/C15H15NO5/c1-10-3-6-14(15(7-10)20-2)21-12-4-5-13(16(18)19)11(8-12)9-17/h3-8,17H,9H2,1-2H3. The van der Waals surface area contributed by atoms with Gasteiger partial charge in [0.2, 0.25) is 0 Å². The lowest BCUT2D eigenvalue weighted by atomic mass is 10.2. The molecule has 0 radical (unpaired) electrons. The van der Waals surface area contributed by atoms with Gasteiger partial charge in [-0.15, -0.1) is 0 Å². The predicted octanol–water partition coefficient (Wildman–Crippen LogP) is 3.20. The fraction of sp³-hybridized carbons (Fsp3) is 0.200. The van der Waals surface area contributed by atoms with Crippen molar-refractivity contribution in [2.75, 3.05) is 7.11 Å². The van der Waals surface area contributed by atoms with Crippen molar-refractivity contribution in [3.8, 4) is 17.2 Å². The minimum Gasteiger partial charge on any atom is -0.493 e. The van der Waals surface area contributed by atoms with Crippen molar-refractivity contribution < 1.29 is 19.5 Å². The van der Waals surface area contributed by atoms with Crippen molar-refractivity contribution >= 4 is 5.69 Å². The molecule has 0 atom stereocenters. The largest absolute Gasteiger partial charge is 0.493 e. The zero-order chi connectivity index (χ0) is 15.4. The van der Waals surface area contributed by atoms with Gasteiger partial charge in [-0.1, -0.05) is 6.07 Å². The molecule has 2 aromatic rings. The van der Waals surface area contributed by atoms with Gasteiger partial charge >= 0.3 is 0 Å². The van der Waals surface area contributed by atoms with E-state index in [0.717, 1.165) is 5.56 Å². The van der Waals surface area contributed by atoms with E-state index in [4.69, 9.17) is 9.47 Å². The Kier molecular flexibility index (Phi) is 4.39. The Balaban J connectivity index is 2.34. The van der Waals surface area contributed by atoms with E-state index >= 15 is 0 Å². The summed E-state index contributed by atoms with van der Waals surface area (Å²) in [5.74, 6) is 1.46. The van der Waals surface area contributed by atoms with Gasteiger partial charge in [-0.25, -0.2) is 0 Å². The van der Waals surface area contributed by atoms with Gasteiger partial charge in [0, 0.05) is 6.07 Å². The fourth-order valence-corrected chi connectivity index (χ4v) is 1.92. The first kappa shape index (κ1) is 14.8. The smallest absolute Gasteiger partial charge is 0.275 e. The highest BCUT2D eigenvalue weighted by atomic mass is 16.6. The number of aliphatic hydroxyl groups is 1. The fourth-order valence-electron chi connectivity index (χ4n) is 1.92. The van der Waals surface area contributed by atoms with Crippen LogP contribution >= 0.6 is 0 Å². The summed E-state index contributed by atoms with van der Waals surface area (Å²) >= 11 is 0. The summed E-state index contributed by atoms with van der Waals surface area (Å²) in [5.41, 5.74) is 1.09. The van der Waals surface area contributed by atoms with E-state index in [-0.39, 0.29) is 11.3 Å². The second kappa shape index (κ2) is 6.23. The van der Waals surface area contributed by atoms with Gasteiger partial charge in [-0.05, 0) is 36.8 Å². The van der Waals surface area contributed by atoms with E-state index in [1.807, 2.05) is 19.1 Å². The van der Waals surface area contributed by atoms with Crippen LogP contribution in [-0.4, -0.2) is 17.1 Å². The molecule has 0 aliphatic heterocycles. The lowest BCUT2D eigenvalue weighted by Gasteiger charge is -2.11. The van der Waals surface area contributed by atoms with E-state index in [2.05, 4.69) is 0 Å². The van der Waals surface area contributed by atoms with Crippen molar-refractivity contribution in [1.82, 2.24) is 0 Å². The normalized spacial score (nSPS) is 10.2. The molecule has 0 aliphatic rings. The summed E-state index contributed by atoms with van der Waals surface area (Å²) in [5, 5.41) is 20.0. The number of ether oxygens (including phenoxy) is 2. The van der Waals surface area contributed by atoms with Crippen LogP contribution in [0.25, 0.3) is 0 Å². The van der Waals surface area contributed by atoms with Crippen LogP contribution in [0.5, 0.6) is 17.2 Å². The summed E-state index contributed by atoms with van der Waals surface area (Å²) in [6.07, 6.45) is 0. The molecule has 0 saturated carbocycles. The van der Waals surface area contributed by atoms with Gasteiger partial charge in [0.15, 0.2) is 11.5 Å². The second-order valence-corrected chi connectivity index (χ2v) is 4.46. The monoisotopic (exact) mass is 289 g/mol. The molecule has 6 heteroatoms. The summed E-state index contributed by atoms with van der Waals surface area (Å²) in [6, 6.07) is 9.69. The molecule has 6 nitrogen and oxygen atoms in total. The number of nitro benzene ring substituents is 1. The maximum Gasteiger partial charge on any atom is 0.275 e. The Morgan fingerprint density at radius 1 is 1.19 bits per heavy atom. The minimum absolute atomic E-state index is 0.138. The minimum atomic E-state index is -0.540. The zero-order valence-corrected chi connectivity index (χ0v) is 11.7. The van der Waals surface area contributed by atoms with Gasteiger partial charge in [-0.3, -0.25) is 10.1 Å². The van der Waals surface area contributed by atoms with Crippen LogP contribution < -0.4 is 9.47 Å². The molecule has 110 valence electrons. The Bertz CT molecular complexity index is 669. The highest BCUT2D eigenvalue weighted by Gasteiger charge is 2.15. The summed E-state index contributed by atoms with van der Waals surface area (Å²) in [7, 11) is 1.54. The molecule has 0 heterocycles. The van der Waals surface area contributed by atoms with Crippen molar-refractivity contribution in [2.45, 2.75) is 13.5 Å². The van der Waals surface area contributed by atoms with Crippen LogP contribution in [0, 0.1) is 17.0 Å². The zero-order valence-electron chi connectivity index (χ0n) is 11.7. The third kappa shape index (κ3) is 3.29. The number of rotatable bonds is 5. The average Bonchev–Trinajstić information content (AvgIpc) is 2.48. The number of benzene rings is 2. The molecule has 0 spiro atoms. The van der Waals surface area contributed by atoms with E-state index in [1.165, 1.54) is 25.3 Å². The number of hydrogen-bond acceptors (Lipinski definition) is 5. The van der Waals surface area contributed by atoms with E-state index in [9.17, 15) is 15.2 Å². The third-order valence-electron chi connectivity index (χ3n) is 2.96. The maximum atomic E-state index is 10.8. The maximum absolute atomic E-state index is 10.8. The van der Waals surface area contributed by atoms with E-state index in [1.54, 1.807) is 6.07 Å². The summed E-state index contributed by atoms with van der Waals surface area (Å²) < 4.78 is 10.9. The first-order valence-electron chi connectivity index (χ1n) is 6.26. The second-order valence-electron chi connectivity index (χ2n) is 4.46. The van der Waals surface area contributed by atoms with Crippen LogP contribution in [0.4, 0.5) is 5.69 Å². The SMILES string of the molecule is COc1cc(C)ccc1Oc1ccc([N+](=O)[O-])c(CO)c1. The van der Waals surface area contributed by atoms with Gasteiger partial charge in [0.25, 0.3) is 5.69 Å². The number of aryl methyl sites for hydroxylation is 1. The highest BCUT2D eigenvalue weighted by molar-refractivity contribution is 5.49. The topological polar surface area (TPSA) is 81.8 Å². The molecule has 2 aromatic carbocycles. The van der Waals surface area contributed by atoms with Gasteiger partial charge in [-0.2, -0.15) is 0 Å². The van der Waals surface area contributed by atoms with Gasteiger partial charge in [0.05, 0.1) is 24.2 Å².